The Morgan fingerprint density at radius 3 is 2.66 bits per heavy atom. The van der Waals surface area contributed by atoms with Gasteiger partial charge in [-0.1, -0.05) is 43.2 Å². The third-order valence-electron chi connectivity index (χ3n) is 6.50. The van der Waals surface area contributed by atoms with Crippen LogP contribution in [0.15, 0.2) is 37.0 Å². The van der Waals surface area contributed by atoms with Crippen molar-refractivity contribution in [3.8, 4) is 0 Å². The molecule has 1 aliphatic heterocycles. The number of Topliss-reactive ketones (excluding diaryl/α,β-unsaturated/α-hetero) is 1. The molecule has 1 N–H and O–H groups in total. The number of carboxylic acid groups (broad SMARTS) is 1. The third-order valence-corrected chi connectivity index (χ3v) is 6.50. The molecule has 0 aromatic rings. The fourth-order valence-electron chi connectivity index (χ4n) is 4.60. The van der Waals surface area contributed by atoms with Crippen molar-refractivity contribution in [3.05, 3.63) is 37.0 Å². The van der Waals surface area contributed by atoms with E-state index in [-0.39, 0.29) is 30.5 Å². The highest BCUT2D eigenvalue weighted by atomic mass is 16.7. The van der Waals surface area contributed by atoms with Gasteiger partial charge in [-0.2, -0.15) is 0 Å². The largest absolute Gasteiger partial charge is 0.481 e. The normalized spacial score (nSPS) is 26.3. The number of allylic oxidation sites excluding steroid dienone is 5. The van der Waals surface area contributed by atoms with Crippen LogP contribution < -0.4 is 0 Å². The lowest BCUT2D eigenvalue weighted by Crippen LogP contribution is -2.22. The van der Waals surface area contributed by atoms with Crippen molar-refractivity contribution in [2.24, 2.45) is 17.8 Å². The lowest BCUT2D eigenvalue weighted by atomic mass is 9.86. The predicted octanol–water partition coefficient (Wildman–Crippen LogP) is 6.24. The van der Waals surface area contributed by atoms with E-state index in [1.807, 2.05) is 12.2 Å². The van der Waals surface area contributed by atoms with Gasteiger partial charge in [-0.3, -0.25) is 9.59 Å². The molecular weight excluding hydrogens is 404 g/mol. The molecule has 1 saturated carbocycles. The molecule has 5 nitrogen and oxygen atoms in total. The Balaban J connectivity index is 1.62. The molecule has 0 radical (unpaired) electrons. The fraction of sp³-hybridized carbons (Fsp3) is 0.704. The average Bonchev–Trinajstić information content (AvgIpc) is 3.09. The summed E-state index contributed by atoms with van der Waals surface area (Å²) in [5.41, 5.74) is 0. The van der Waals surface area contributed by atoms with Crippen LogP contribution in [-0.2, 0) is 19.1 Å². The van der Waals surface area contributed by atoms with Gasteiger partial charge in [-0.15, -0.1) is 6.58 Å². The summed E-state index contributed by atoms with van der Waals surface area (Å²) in [6.07, 6.45) is 22.4. The van der Waals surface area contributed by atoms with Crippen molar-refractivity contribution in [1.29, 1.82) is 0 Å². The van der Waals surface area contributed by atoms with Crippen LogP contribution in [0.1, 0.15) is 83.5 Å². The van der Waals surface area contributed by atoms with Crippen LogP contribution in [0, 0.1) is 17.8 Å². The van der Waals surface area contributed by atoms with Gasteiger partial charge in [0.2, 0.25) is 0 Å². The molecule has 0 bridgehead atoms. The van der Waals surface area contributed by atoms with Crippen LogP contribution >= 0.6 is 0 Å². The zero-order chi connectivity index (χ0) is 23.0. The molecule has 5 heteroatoms. The van der Waals surface area contributed by atoms with Crippen molar-refractivity contribution < 1.29 is 24.2 Å². The Hall–Kier alpha value is -1.72. The first kappa shape index (κ1) is 26.5. The maximum absolute atomic E-state index is 12.5. The number of ketones is 1. The van der Waals surface area contributed by atoms with Gasteiger partial charge in [0, 0.05) is 32.0 Å². The summed E-state index contributed by atoms with van der Waals surface area (Å²) >= 11 is 0. The van der Waals surface area contributed by atoms with Crippen LogP contribution in [0.5, 0.6) is 0 Å². The summed E-state index contributed by atoms with van der Waals surface area (Å²) in [6.45, 7) is 5.56. The van der Waals surface area contributed by atoms with E-state index in [1.54, 1.807) is 0 Å². The van der Waals surface area contributed by atoms with E-state index in [0.717, 1.165) is 58.2 Å². The quantitative estimate of drug-likeness (QED) is 0.224. The molecule has 1 heterocycles. The van der Waals surface area contributed by atoms with E-state index >= 15 is 0 Å². The fourth-order valence-corrected chi connectivity index (χ4v) is 4.60. The number of ether oxygens (including phenoxy) is 2. The van der Waals surface area contributed by atoms with Gasteiger partial charge in [-0.25, -0.2) is 0 Å². The molecule has 2 rings (SSSR count). The van der Waals surface area contributed by atoms with Gasteiger partial charge < -0.3 is 14.6 Å². The second-order valence-electron chi connectivity index (χ2n) is 9.04. The van der Waals surface area contributed by atoms with Gasteiger partial charge in [0.25, 0.3) is 0 Å². The second-order valence-corrected chi connectivity index (χ2v) is 9.04. The van der Waals surface area contributed by atoms with E-state index in [0.29, 0.717) is 18.6 Å². The number of unbranched alkanes of at least 4 members (excludes halogenated alkanes) is 5. The third kappa shape index (κ3) is 10.3. The molecule has 0 amide bonds. The lowest BCUT2D eigenvalue weighted by molar-refractivity contribution is -0.162. The van der Waals surface area contributed by atoms with Crippen LogP contribution in [0.25, 0.3) is 0 Å². The summed E-state index contributed by atoms with van der Waals surface area (Å²) < 4.78 is 11.4. The number of rotatable bonds is 16. The monoisotopic (exact) mass is 446 g/mol. The Morgan fingerprint density at radius 2 is 1.91 bits per heavy atom. The molecule has 2 aliphatic rings. The first-order valence-corrected chi connectivity index (χ1v) is 12.5. The highest BCUT2D eigenvalue weighted by Crippen LogP contribution is 2.38. The van der Waals surface area contributed by atoms with Crippen LogP contribution in [0.4, 0.5) is 0 Å². The summed E-state index contributed by atoms with van der Waals surface area (Å²) in [4.78, 5) is 23.1. The van der Waals surface area contributed by atoms with Crippen molar-refractivity contribution in [2.75, 3.05) is 13.2 Å². The number of carboxylic acids is 1. The summed E-state index contributed by atoms with van der Waals surface area (Å²) in [7, 11) is 0. The first-order chi connectivity index (χ1) is 15.6. The molecule has 2 fully saturated rings. The van der Waals surface area contributed by atoms with E-state index in [4.69, 9.17) is 14.6 Å². The highest BCUT2D eigenvalue weighted by molar-refractivity contribution is 5.84. The Labute approximate surface area is 193 Å². The van der Waals surface area contributed by atoms with Gasteiger partial charge in [-0.05, 0) is 69.6 Å². The molecular formula is C27H42O5. The SMILES string of the molecule is C=C[C@H]1CC(=O)C(CC=CCCCC(=O)O)C1C=CCCCCCCOC1CCCCO1. The molecule has 0 aromatic carbocycles. The topological polar surface area (TPSA) is 72.8 Å². The molecule has 0 spiro atoms. The lowest BCUT2D eigenvalue weighted by Gasteiger charge is -2.22. The maximum atomic E-state index is 12.5. The van der Waals surface area contributed by atoms with E-state index in [2.05, 4.69) is 24.8 Å². The van der Waals surface area contributed by atoms with E-state index in [1.165, 1.54) is 19.3 Å². The van der Waals surface area contributed by atoms with Crippen molar-refractivity contribution in [1.82, 2.24) is 0 Å². The number of carbonyl (C=O) groups is 2. The number of hydrogen-bond acceptors (Lipinski definition) is 4. The molecule has 32 heavy (non-hydrogen) atoms. The van der Waals surface area contributed by atoms with Crippen molar-refractivity contribution in [3.63, 3.8) is 0 Å². The second kappa shape index (κ2) is 16.0. The average molecular weight is 447 g/mol. The maximum Gasteiger partial charge on any atom is 0.303 e. The predicted molar refractivity (Wildman–Crippen MR) is 127 cm³/mol. The summed E-state index contributed by atoms with van der Waals surface area (Å²) in [6, 6.07) is 0. The first-order valence-electron chi connectivity index (χ1n) is 12.5. The molecule has 1 saturated heterocycles. The Kier molecular flexibility index (Phi) is 13.2. The van der Waals surface area contributed by atoms with Gasteiger partial charge in [0.15, 0.2) is 6.29 Å². The van der Waals surface area contributed by atoms with Crippen LogP contribution in [0.2, 0.25) is 0 Å². The van der Waals surface area contributed by atoms with Crippen molar-refractivity contribution in [2.45, 2.75) is 89.8 Å². The molecule has 4 atom stereocenters. The zero-order valence-electron chi connectivity index (χ0n) is 19.6. The molecule has 0 aromatic heterocycles. The Bertz CT molecular complexity index is 618. The number of carbonyl (C=O) groups excluding carboxylic acids is 1. The minimum absolute atomic E-state index is 0.0177. The van der Waals surface area contributed by atoms with Gasteiger partial charge in [0.05, 0.1) is 0 Å². The van der Waals surface area contributed by atoms with Crippen molar-refractivity contribution >= 4 is 11.8 Å². The van der Waals surface area contributed by atoms with E-state index < -0.39 is 5.97 Å². The highest BCUT2D eigenvalue weighted by Gasteiger charge is 2.38. The van der Waals surface area contributed by atoms with Crippen LogP contribution in [0.3, 0.4) is 0 Å². The molecule has 3 unspecified atom stereocenters. The molecule has 1 aliphatic carbocycles. The van der Waals surface area contributed by atoms with Crippen LogP contribution in [-0.4, -0.2) is 36.4 Å². The smallest absolute Gasteiger partial charge is 0.303 e. The zero-order valence-corrected chi connectivity index (χ0v) is 19.6. The minimum Gasteiger partial charge on any atom is -0.481 e. The summed E-state index contributed by atoms with van der Waals surface area (Å²) in [5, 5.41) is 8.70. The Morgan fingerprint density at radius 1 is 1.09 bits per heavy atom. The standard InChI is InChI=1S/C27H42O5/c1-2-22-21-25(28)24(16-10-6-7-11-17-26(29)30)23(22)15-9-5-3-4-8-13-19-31-27-18-12-14-20-32-27/h2,6,9-10,15,22-24,27H,1,3-5,7-8,11-14,16-21H2,(H,29,30)/t22-,23?,24?,27?/m0/s1. The molecule has 180 valence electrons. The van der Waals surface area contributed by atoms with E-state index in [9.17, 15) is 9.59 Å². The number of hydrogen-bond donors (Lipinski definition) is 1. The van der Waals surface area contributed by atoms with Gasteiger partial charge >= 0.3 is 5.97 Å². The summed E-state index contributed by atoms with van der Waals surface area (Å²) in [5.74, 6) is 0.0347. The van der Waals surface area contributed by atoms with Gasteiger partial charge in [0.1, 0.15) is 5.78 Å². The minimum atomic E-state index is -0.759. The number of aliphatic carboxylic acids is 1.